The van der Waals surface area contributed by atoms with Crippen molar-refractivity contribution < 1.29 is 19.1 Å². The fourth-order valence-corrected chi connectivity index (χ4v) is 0.633. The molecule has 0 aromatic carbocycles. The predicted octanol–water partition coefficient (Wildman–Crippen LogP) is 1.18. The van der Waals surface area contributed by atoms with Crippen LogP contribution in [0.3, 0.4) is 0 Å². The van der Waals surface area contributed by atoms with Gasteiger partial charge in [-0.3, -0.25) is 4.79 Å². The molecule has 1 rings (SSSR count). The summed E-state index contributed by atoms with van der Waals surface area (Å²) in [5.74, 6) is -1.30. The minimum atomic E-state index is -1.10. The van der Waals surface area contributed by atoms with Crippen molar-refractivity contribution in [2.45, 2.75) is 6.92 Å². The molecule has 11 heavy (non-hydrogen) atoms. The number of carbonyl (C=O) groups is 2. The van der Waals surface area contributed by atoms with E-state index in [9.17, 15) is 9.59 Å². The molecule has 4 heteroatoms. The molecule has 1 N–H and O–H groups in total. The van der Waals surface area contributed by atoms with Gasteiger partial charge in [-0.2, -0.15) is 0 Å². The zero-order valence-electron chi connectivity index (χ0n) is 5.83. The topological polar surface area (TPSA) is 67.5 Å². The first-order valence-corrected chi connectivity index (χ1v) is 2.94. The normalized spacial score (nSPS) is 9.55. The summed E-state index contributed by atoms with van der Waals surface area (Å²) in [6, 6.07) is 1.20. The van der Waals surface area contributed by atoms with Crippen molar-refractivity contribution in [2.24, 2.45) is 0 Å². The van der Waals surface area contributed by atoms with Crippen molar-refractivity contribution in [2.75, 3.05) is 0 Å². The molecule has 58 valence electrons. The maximum Gasteiger partial charge on any atom is 0.338 e. The van der Waals surface area contributed by atoms with Gasteiger partial charge in [0.05, 0.1) is 5.56 Å². The van der Waals surface area contributed by atoms with E-state index >= 15 is 0 Å². The number of carboxylic acids is 1. The van der Waals surface area contributed by atoms with Crippen molar-refractivity contribution in [3.05, 3.63) is 23.7 Å². The monoisotopic (exact) mass is 154 g/mol. The molecule has 0 radical (unpaired) electrons. The fourth-order valence-electron chi connectivity index (χ4n) is 0.633. The number of rotatable bonds is 2. The van der Waals surface area contributed by atoms with Gasteiger partial charge in [-0.05, 0) is 0 Å². The molecule has 0 atom stereocenters. The predicted molar refractivity (Wildman–Crippen MR) is 35.7 cm³/mol. The van der Waals surface area contributed by atoms with E-state index < -0.39 is 5.97 Å². The molecule has 0 bridgehead atoms. The van der Waals surface area contributed by atoms with Gasteiger partial charge in [0.2, 0.25) is 0 Å². The lowest BCUT2D eigenvalue weighted by atomic mass is 10.3. The van der Waals surface area contributed by atoms with Crippen LogP contribution in [-0.4, -0.2) is 16.9 Å². The van der Waals surface area contributed by atoms with Crippen molar-refractivity contribution in [3.63, 3.8) is 0 Å². The molecule has 0 aliphatic carbocycles. The van der Waals surface area contributed by atoms with Crippen LogP contribution in [0.25, 0.3) is 0 Å². The lowest BCUT2D eigenvalue weighted by Crippen LogP contribution is -1.93. The Hall–Kier alpha value is -1.58. The van der Waals surface area contributed by atoms with Gasteiger partial charge in [0, 0.05) is 13.0 Å². The van der Waals surface area contributed by atoms with E-state index in [1.807, 2.05) is 0 Å². The van der Waals surface area contributed by atoms with Gasteiger partial charge >= 0.3 is 5.97 Å². The number of Topliss-reactive ketones (excluding diaryl/α,β-unsaturated/α-hetero) is 1. The molecule has 1 aromatic rings. The lowest BCUT2D eigenvalue weighted by Gasteiger charge is -1.81. The van der Waals surface area contributed by atoms with Gasteiger partial charge in [0.1, 0.15) is 6.26 Å². The summed E-state index contributed by atoms with van der Waals surface area (Å²) in [6.45, 7) is 1.31. The average Bonchev–Trinajstić information content (AvgIpc) is 2.33. The first kappa shape index (κ1) is 7.53. The van der Waals surface area contributed by atoms with E-state index in [-0.39, 0.29) is 17.1 Å². The van der Waals surface area contributed by atoms with Gasteiger partial charge in [-0.25, -0.2) is 4.79 Å². The molecule has 0 spiro atoms. The number of hydrogen-bond donors (Lipinski definition) is 1. The molecule has 1 aromatic heterocycles. The van der Waals surface area contributed by atoms with E-state index in [0.29, 0.717) is 0 Å². The minimum Gasteiger partial charge on any atom is -0.478 e. The maximum absolute atomic E-state index is 10.6. The van der Waals surface area contributed by atoms with Crippen molar-refractivity contribution in [3.8, 4) is 0 Å². The Morgan fingerprint density at radius 3 is 2.45 bits per heavy atom. The molecular formula is C7H6O4. The highest BCUT2D eigenvalue weighted by Crippen LogP contribution is 2.07. The molecule has 1 heterocycles. The third-order valence-corrected chi connectivity index (χ3v) is 1.19. The molecule has 0 fully saturated rings. The number of carboxylic acid groups (broad SMARTS) is 1. The van der Waals surface area contributed by atoms with Crippen LogP contribution in [-0.2, 0) is 0 Å². The third kappa shape index (κ3) is 1.46. The van der Waals surface area contributed by atoms with Crippen LogP contribution in [0, 0.1) is 0 Å². The second-order valence-electron chi connectivity index (χ2n) is 2.06. The summed E-state index contributed by atoms with van der Waals surface area (Å²) >= 11 is 0. The Bertz CT molecular complexity index is 269. The first-order chi connectivity index (χ1) is 5.11. The highest BCUT2D eigenvalue weighted by Gasteiger charge is 2.10. The molecule has 0 aliphatic rings. The van der Waals surface area contributed by atoms with E-state index in [2.05, 4.69) is 4.42 Å². The molecular weight excluding hydrogens is 148 g/mol. The zero-order chi connectivity index (χ0) is 8.43. The van der Waals surface area contributed by atoms with Crippen LogP contribution >= 0.6 is 0 Å². The van der Waals surface area contributed by atoms with Crippen LogP contribution in [0.2, 0.25) is 0 Å². The number of furan rings is 1. The van der Waals surface area contributed by atoms with Crippen LogP contribution in [0.5, 0.6) is 0 Å². The van der Waals surface area contributed by atoms with Crippen molar-refractivity contribution in [1.82, 2.24) is 0 Å². The van der Waals surface area contributed by atoms with Crippen LogP contribution in [0.15, 0.2) is 16.7 Å². The van der Waals surface area contributed by atoms with E-state index in [1.54, 1.807) is 0 Å². The summed E-state index contributed by atoms with van der Waals surface area (Å²) in [5.41, 5.74) is -0.00444. The van der Waals surface area contributed by atoms with Gasteiger partial charge in [0.15, 0.2) is 11.5 Å². The molecule has 4 nitrogen and oxygen atoms in total. The standard InChI is InChI=1S/C7H6O4/c1-4(8)6-2-5(3-11-6)7(9)10/h2-3H,1H3,(H,9,10). The molecule has 0 saturated heterocycles. The molecule has 0 unspecified atom stereocenters. The van der Waals surface area contributed by atoms with E-state index in [0.717, 1.165) is 6.26 Å². The summed E-state index contributed by atoms with van der Waals surface area (Å²) in [6.07, 6.45) is 1.04. The van der Waals surface area contributed by atoms with Crippen LogP contribution in [0.1, 0.15) is 27.8 Å². The number of ketones is 1. The van der Waals surface area contributed by atoms with E-state index in [4.69, 9.17) is 5.11 Å². The van der Waals surface area contributed by atoms with Crippen LogP contribution < -0.4 is 0 Å². The summed E-state index contributed by atoms with van der Waals surface area (Å²) in [7, 11) is 0. The number of hydrogen-bond acceptors (Lipinski definition) is 3. The summed E-state index contributed by atoms with van der Waals surface area (Å²) in [4.78, 5) is 20.9. The Kier molecular flexibility index (Phi) is 1.76. The Balaban J connectivity index is 2.99. The zero-order valence-corrected chi connectivity index (χ0v) is 5.83. The quantitative estimate of drug-likeness (QED) is 0.649. The largest absolute Gasteiger partial charge is 0.478 e. The number of aromatic carboxylic acids is 1. The molecule has 0 amide bonds. The third-order valence-electron chi connectivity index (χ3n) is 1.19. The Morgan fingerprint density at radius 1 is 1.55 bits per heavy atom. The number of carbonyl (C=O) groups excluding carboxylic acids is 1. The fraction of sp³-hybridized carbons (Fsp3) is 0.143. The second-order valence-corrected chi connectivity index (χ2v) is 2.06. The average molecular weight is 154 g/mol. The second kappa shape index (κ2) is 2.57. The van der Waals surface area contributed by atoms with Gasteiger partial charge in [-0.1, -0.05) is 0 Å². The van der Waals surface area contributed by atoms with Gasteiger partial charge in [0.25, 0.3) is 0 Å². The van der Waals surface area contributed by atoms with Crippen molar-refractivity contribution >= 4 is 11.8 Å². The summed E-state index contributed by atoms with van der Waals surface area (Å²) in [5, 5.41) is 8.41. The minimum absolute atomic E-state index is 0.00444. The van der Waals surface area contributed by atoms with Gasteiger partial charge < -0.3 is 9.52 Å². The molecule has 0 saturated carbocycles. The molecule has 0 aliphatic heterocycles. The smallest absolute Gasteiger partial charge is 0.338 e. The first-order valence-electron chi connectivity index (χ1n) is 2.94. The maximum atomic E-state index is 10.6. The van der Waals surface area contributed by atoms with Gasteiger partial charge in [-0.15, -0.1) is 0 Å². The highest BCUT2D eigenvalue weighted by atomic mass is 16.4. The van der Waals surface area contributed by atoms with Crippen LogP contribution in [0.4, 0.5) is 0 Å². The van der Waals surface area contributed by atoms with E-state index in [1.165, 1.54) is 13.0 Å². The lowest BCUT2D eigenvalue weighted by molar-refractivity contribution is 0.0696. The Labute approximate surface area is 62.4 Å². The summed E-state index contributed by atoms with van der Waals surface area (Å²) < 4.78 is 4.66. The highest BCUT2D eigenvalue weighted by molar-refractivity contribution is 5.95. The van der Waals surface area contributed by atoms with Crippen molar-refractivity contribution in [1.29, 1.82) is 0 Å². The Morgan fingerprint density at radius 2 is 2.18 bits per heavy atom. The SMILES string of the molecule is CC(=O)c1cc(C(=O)O)co1.